The van der Waals surface area contributed by atoms with Gasteiger partial charge in [-0.05, 0) is 48.2 Å². The molecule has 0 saturated heterocycles. The van der Waals surface area contributed by atoms with E-state index in [1.165, 1.54) is 24.4 Å². The van der Waals surface area contributed by atoms with Crippen molar-refractivity contribution in [2.75, 3.05) is 25.5 Å². The Morgan fingerprint density at radius 3 is 2.63 bits per heavy atom. The van der Waals surface area contributed by atoms with Crippen LogP contribution in [-0.4, -0.2) is 43.3 Å². The minimum atomic E-state index is -0.372. The minimum Gasteiger partial charge on any atom is -0.374 e. The molecular formula is C21H21N3O3. The summed E-state index contributed by atoms with van der Waals surface area (Å²) in [5, 5.41) is 2.90. The van der Waals surface area contributed by atoms with E-state index in [9.17, 15) is 14.4 Å². The van der Waals surface area contributed by atoms with E-state index in [1.54, 1.807) is 12.1 Å². The van der Waals surface area contributed by atoms with Gasteiger partial charge in [-0.25, -0.2) is 0 Å². The molecule has 2 heterocycles. The van der Waals surface area contributed by atoms with E-state index in [0.717, 1.165) is 29.8 Å². The molecule has 0 atom stereocenters. The van der Waals surface area contributed by atoms with Crippen LogP contribution in [0.2, 0.25) is 0 Å². The number of fused-ring (bicyclic) bond motifs is 2. The molecule has 6 nitrogen and oxygen atoms in total. The summed E-state index contributed by atoms with van der Waals surface area (Å²) >= 11 is 0. The van der Waals surface area contributed by atoms with Gasteiger partial charge in [0.25, 0.3) is 17.7 Å². The standard InChI is InChI=1S/C21H21N3O3/c1-23-9-3-4-14-10-13(5-8-18(14)23)12-22-19(25)15-6-7-16-17(11-15)21(27)24(2)20(16)26/h5-8,10-11H,3-4,9,12H2,1-2H3,(H,22,25). The first kappa shape index (κ1) is 17.3. The second kappa shape index (κ2) is 6.54. The van der Waals surface area contributed by atoms with Crippen molar-refractivity contribution in [3.63, 3.8) is 0 Å². The van der Waals surface area contributed by atoms with Crippen LogP contribution in [0.5, 0.6) is 0 Å². The van der Waals surface area contributed by atoms with Crippen molar-refractivity contribution in [3.8, 4) is 0 Å². The Morgan fingerprint density at radius 2 is 1.81 bits per heavy atom. The molecule has 0 aromatic heterocycles. The van der Waals surface area contributed by atoms with Gasteiger partial charge >= 0.3 is 0 Å². The lowest BCUT2D eigenvalue weighted by Crippen LogP contribution is -2.26. The van der Waals surface area contributed by atoms with E-state index in [-0.39, 0.29) is 23.3 Å². The van der Waals surface area contributed by atoms with Crippen LogP contribution in [0, 0.1) is 0 Å². The molecule has 0 bridgehead atoms. The molecule has 27 heavy (non-hydrogen) atoms. The third-order valence-electron chi connectivity index (χ3n) is 5.30. The van der Waals surface area contributed by atoms with Crippen molar-refractivity contribution in [1.29, 1.82) is 0 Å². The predicted octanol–water partition coefficient (Wildman–Crippen LogP) is 2.22. The summed E-state index contributed by atoms with van der Waals surface area (Å²) < 4.78 is 0. The Morgan fingerprint density at radius 1 is 1.04 bits per heavy atom. The number of aryl methyl sites for hydroxylation is 1. The zero-order valence-corrected chi connectivity index (χ0v) is 15.4. The molecule has 2 aliphatic heterocycles. The summed E-state index contributed by atoms with van der Waals surface area (Å²) in [5.41, 5.74) is 4.61. The fraction of sp³-hybridized carbons (Fsp3) is 0.286. The number of carbonyl (C=O) groups excluding carboxylic acids is 3. The van der Waals surface area contributed by atoms with Crippen molar-refractivity contribution in [1.82, 2.24) is 10.2 Å². The van der Waals surface area contributed by atoms with E-state index >= 15 is 0 Å². The molecular weight excluding hydrogens is 342 g/mol. The fourth-order valence-electron chi connectivity index (χ4n) is 3.74. The van der Waals surface area contributed by atoms with E-state index in [0.29, 0.717) is 17.7 Å². The van der Waals surface area contributed by atoms with E-state index in [4.69, 9.17) is 0 Å². The van der Waals surface area contributed by atoms with Gasteiger partial charge in [-0.15, -0.1) is 0 Å². The highest BCUT2D eigenvalue weighted by Gasteiger charge is 2.33. The Bertz CT molecular complexity index is 967. The summed E-state index contributed by atoms with van der Waals surface area (Å²) in [6.07, 6.45) is 2.19. The van der Waals surface area contributed by atoms with Crippen molar-refractivity contribution in [2.45, 2.75) is 19.4 Å². The second-order valence-corrected chi connectivity index (χ2v) is 7.10. The smallest absolute Gasteiger partial charge is 0.261 e. The lowest BCUT2D eigenvalue weighted by molar-refractivity contribution is 0.0693. The molecule has 2 aliphatic rings. The third-order valence-corrected chi connectivity index (χ3v) is 5.30. The van der Waals surface area contributed by atoms with Gasteiger partial charge in [-0.1, -0.05) is 12.1 Å². The van der Waals surface area contributed by atoms with Crippen LogP contribution >= 0.6 is 0 Å². The van der Waals surface area contributed by atoms with Crippen LogP contribution in [0.3, 0.4) is 0 Å². The minimum absolute atomic E-state index is 0.262. The molecule has 3 amide bonds. The van der Waals surface area contributed by atoms with Crippen LogP contribution in [0.15, 0.2) is 36.4 Å². The molecule has 0 radical (unpaired) electrons. The maximum atomic E-state index is 12.5. The van der Waals surface area contributed by atoms with Crippen LogP contribution < -0.4 is 10.2 Å². The normalized spacial score (nSPS) is 15.6. The summed E-state index contributed by atoms with van der Waals surface area (Å²) in [7, 11) is 3.54. The third kappa shape index (κ3) is 2.97. The van der Waals surface area contributed by atoms with Gasteiger partial charge in [0.1, 0.15) is 0 Å². The maximum Gasteiger partial charge on any atom is 0.261 e. The number of benzene rings is 2. The Balaban J connectivity index is 1.48. The summed E-state index contributed by atoms with van der Waals surface area (Å²) in [5.74, 6) is -0.966. The molecule has 138 valence electrons. The van der Waals surface area contributed by atoms with Gasteiger partial charge in [0.15, 0.2) is 0 Å². The molecule has 0 unspecified atom stereocenters. The molecule has 0 spiro atoms. The Labute approximate surface area is 157 Å². The van der Waals surface area contributed by atoms with Gasteiger partial charge in [0, 0.05) is 38.4 Å². The number of nitrogens with zero attached hydrogens (tertiary/aromatic N) is 2. The predicted molar refractivity (Wildman–Crippen MR) is 102 cm³/mol. The van der Waals surface area contributed by atoms with E-state index < -0.39 is 0 Å². The number of rotatable bonds is 3. The summed E-state index contributed by atoms with van der Waals surface area (Å²) in [6.45, 7) is 1.48. The lowest BCUT2D eigenvalue weighted by atomic mass is 9.99. The number of imide groups is 1. The number of hydrogen-bond donors (Lipinski definition) is 1. The van der Waals surface area contributed by atoms with Crippen LogP contribution in [-0.2, 0) is 13.0 Å². The number of amides is 3. The molecule has 4 rings (SSSR count). The largest absolute Gasteiger partial charge is 0.374 e. The SMILES string of the molecule is CN1C(=O)c2ccc(C(=O)NCc3ccc4c(c3)CCCN4C)cc2C1=O. The molecule has 0 fully saturated rings. The zero-order chi connectivity index (χ0) is 19.1. The zero-order valence-electron chi connectivity index (χ0n) is 15.4. The van der Waals surface area contributed by atoms with Crippen molar-refractivity contribution < 1.29 is 14.4 Å². The second-order valence-electron chi connectivity index (χ2n) is 7.10. The summed E-state index contributed by atoms with van der Waals surface area (Å²) in [4.78, 5) is 39.9. The summed E-state index contributed by atoms with van der Waals surface area (Å²) in [6, 6.07) is 10.9. The Kier molecular flexibility index (Phi) is 4.18. The average molecular weight is 363 g/mol. The molecule has 1 N–H and O–H groups in total. The van der Waals surface area contributed by atoms with Crippen molar-refractivity contribution >= 4 is 23.4 Å². The topological polar surface area (TPSA) is 69.7 Å². The quantitative estimate of drug-likeness (QED) is 0.849. The molecule has 6 heteroatoms. The van der Waals surface area contributed by atoms with Gasteiger partial charge in [-0.3, -0.25) is 19.3 Å². The van der Waals surface area contributed by atoms with Crippen LogP contribution in [0.25, 0.3) is 0 Å². The highest BCUT2D eigenvalue weighted by atomic mass is 16.2. The molecule has 0 saturated carbocycles. The van der Waals surface area contributed by atoms with Crippen molar-refractivity contribution in [3.05, 3.63) is 64.2 Å². The molecule has 2 aromatic rings. The van der Waals surface area contributed by atoms with E-state index in [1.807, 2.05) is 6.07 Å². The first-order valence-corrected chi connectivity index (χ1v) is 9.03. The first-order valence-electron chi connectivity index (χ1n) is 9.03. The van der Waals surface area contributed by atoms with Crippen molar-refractivity contribution in [2.24, 2.45) is 0 Å². The number of anilines is 1. The van der Waals surface area contributed by atoms with E-state index in [2.05, 4.69) is 29.4 Å². The number of carbonyl (C=O) groups is 3. The van der Waals surface area contributed by atoms with Gasteiger partial charge in [0.05, 0.1) is 11.1 Å². The maximum absolute atomic E-state index is 12.5. The van der Waals surface area contributed by atoms with Crippen LogP contribution in [0.1, 0.15) is 48.6 Å². The highest BCUT2D eigenvalue weighted by Crippen LogP contribution is 2.27. The number of nitrogens with one attached hydrogen (secondary N) is 1. The number of hydrogen-bond acceptors (Lipinski definition) is 4. The Hall–Kier alpha value is -3.15. The monoisotopic (exact) mass is 363 g/mol. The first-order chi connectivity index (χ1) is 13.0. The molecule has 0 aliphatic carbocycles. The van der Waals surface area contributed by atoms with Gasteiger partial charge in [0.2, 0.25) is 0 Å². The highest BCUT2D eigenvalue weighted by molar-refractivity contribution is 6.21. The van der Waals surface area contributed by atoms with Gasteiger partial charge in [-0.2, -0.15) is 0 Å². The fourth-order valence-corrected chi connectivity index (χ4v) is 3.74. The lowest BCUT2D eigenvalue weighted by Gasteiger charge is -2.27. The van der Waals surface area contributed by atoms with Crippen LogP contribution in [0.4, 0.5) is 5.69 Å². The van der Waals surface area contributed by atoms with Gasteiger partial charge < -0.3 is 10.2 Å². The molecule has 2 aromatic carbocycles. The average Bonchev–Trinajstić information content (AvgIpc) is 2.90.